The molecule has 0 aliphatic heterocycles. The molecule has 0 bridgehead atoms. The van der Waals surface area contributed by atoms with Gasteiger partial charge in [0.15, 0.2) is 0 Å². The number of hydrogen-bond donors (Lipinski definition) is 2. The Morgan fingerprint density at radius 3 is 2.68 bits per heavy atom. The zero-order valence-electron chi connectivity index (χ0n) is 15.2. The maximum atomic E-state index is 13.0. The van der Waals surface area contributed by atoms with Crippen molar-refractivity contribution in [3.8, 4) is 11.6 Å². The van der Waals surface area contributed by atoms with Crippen LogP contribution in [0, 0.1) is 11.8 Å². The van der Waals surface area contributed by atoms with Gasteiger partial charge in [-0.25, -0.2) is 4.98 Å². The number of benzene rings is 1. The minimum Gasteiger partial charge on any atom is -0.438 e. The average Bonchev–Trinajstić information content (AvgIpc) is 3.16. The molecule has 1 saturated carbocycles. The fraction of sp³-hybridized carbons (Fsp3) is 0.400. The van der Waals surface area contributed by atoms with Crippen molar-refractivity contribution in [2.45, 2.75) is 32.0 Å². The van der Waals surface area contributed by atoms with Crippen LogP contribution in [-0.4, -0.2) is 17.4 Å². The van der Waals surface area contributed by atoms with Gasteiger partial charge in [-0.2, -0.15) is 13.2 Å². The number of para-hydroxylation sites is 1. The lowest BCUT2D eigenvalue weighted by Gasteiger charge is -2.17. The fourth-order valence-corrected chi connectivity index (χ4v) is 3.46. The molecular weight excluding hydrogens is 371 g/mol. The number of carbonyl (C=O) groups excluding carboxylic acids is 1. The van der Waals surface area contributed by atoms with Crippen molar-refractivity contribution >= 4 is 5.91 Å². The number of amides is 1. The quantitative estimate of drug-likeness (QED) is 0.781. The molecule has 0 spiro atoms. The van der Waals surface area contributed by atoms with E-state index in [0.29, 0.717) is 13.1 Å². The predicted molar refractivity (Wildman–Crippen MR) is 97.5 cm³/mol. The number of rotatable bonds is 6. The number of aromatic nitrogens is 1. The second kappa shape index (κ2) is 8.60. The minimum absolute atomic E-state index is 0.0209. The van der Waals surface area contributed by atoms with Crippen LogP contribution < -0.4 is 15.8 Å². The maximum absolute atomic E-state index is 13.0. The Morgan fingerprint density at radius 1 is 1.21 bits per heavy atom. The number of nitrogens with zero attached hydrogens (tertiary/aromatic N) is 1. The Bertz CT molecular complexity index is 809. The Labute approximate surface area is 161 Å². The number of nitrogens with two attached hydrogens (primary N) is 1. The van der Waals surface area contributed by atoms with Crippen LogP contribution >= 0.6 is 0 Å². The molecule has 2 aromatic rings. The van der Waals surface area contributed by atoms with Crippen molar-refractivity contribution in [2.75, 3.05) is 6.54 Å². The SMILES string of the molecule is NC[C@H]1CCC[C@H]1C(=O)NCc1ccc(Oc2ccccc2C(F)(F)F)nc1. The van der Waals surface area contributed by atoms with E-state index in [1.165, 1.54) is 30.5 Å². The highest BCUT2D eigenvalue weighted by atomic mass is 19.4. The monoisotopic (exact) mass is 393 g/mol. The first-order valence-corrected chi connectivity index (χ1v) is 9.15. The van der Waals surface area contributed by atoms with Crippen molar-refractivity contribution in [1.29, 1.82) is 0 Å². The molecular formula is C20H22F3N3O2. The summed E-state index contributed by atoms with van der Waals surface area (Å²) in [4.78, 5) is 16.4. The number of carbonyl (C=O) groups is 1. The topological polar surface area (TPSA) is 77.2 Å². The fourth-order valence-electron chi connectivity index (χ4n) is 3.46. The summed E-state index contributed by atoms with van der Waals surface area (Å²) >= 11 is 0. The van der Waals surface area contributed by atoms with Gasteiger partial charge in [-0.05, 0) is 43.0 Å². The van der Waals surface area contributed by atoms with Gasteiger partial charge in [0.05, 0.1) is 5.56 Å². The van der Waals surface area contributed by atoms with Gasteiger partial charge in [-0.15, -0.1) is 0 Å². The van der Waals surface area contributed by atoms with Gasteiger partial charge in [0.1, 0.15) is 5.75 Å². The van der Waals surface area contributed by atoms with Crippen LogP contribution in [0.15, 0.2) is 42.6 Å². The predicted octanol–water partition coefficient (Wildman–Crippen LogP) is 3.88. The van der Waals surface area contributed by atoms with E-state index in [0.717, 1.165) is 30.9 Å². The van der Waals surface area contributed by atoms with E-state index in [2.05, 4.69) is 10.3 Å². The van der Waals surface area contributed by atoms with Crippen molar-refractivity contribution in [3.63, 3.8) is 0 Å². The normalized spacial score (nSPS) is 19.4. The third kappa shape index (κ3) is 4.81. The lowest BCUT2D eigenvalue weighted by atomic mass is 9.95. The van der Waals surface area contributed by atoms with Crippen LogP contribution in [0.2, 0.25) is 0 Å². The molecule has 3 rings (SSSR count). The van der Waals surface area contributed by atoms with Crippen molar-refractivity contribution in [1.82, 2.24) is 10.3 Å². The van der Waals surface area contributed by atoms with E-state index < -0.39 is 11.7 Å². The molecule has 0 unspecified atom stereocenters. The summed E-state index contributed by atoms with van der Waals surface area (Å²) in [6, 6.07) is 8.10. The van der Waals surface area contributed by atoms with E-state index in [1.807, 2.05) is 0 Å². The van der Waals surface area contributed by atoms with Crippen molar-refractivity contribution < 1.29 is 22.7 Å². The highest BCUT2D eigenvalue weighted by molar-refractivity contribution is 5.79. The van der Waals surface area contributed by atoms with E-state index >= 15 is 0 Å². The number of ether oxygens (including phenoxy) is 1. The van der Waals surface area contributed by atoms with Crippen LogP contribution in [0.5, 0.6) is 11.6 Å². The zero-order chi connectivity index (χ0) is 20.1. The van der Waals surface area contributed by atoms with Gasteiger partial charge in [0.25, 0.3) is 0 Å². The van der Waals surface area contributed by atoms with Crippen LogP contribution in [0.1, 0.15) is 30.4 Å². The first-order chi connectivity index (χ1) is 13.4. The summed E-state index contributed by atoms with van der Waals surface area (Å²) < 4.78 is 44.4. The molecule has 1 fully saturated rings. The first-order valence-electron chi connectivity index (χ1n) is 9.15. The molecule has 5 nitrogen and oxygen atoms in total. The Hall–Kier alpha value is -2.61. The largest absolute Gasteiger partial charge is 0.438 e. The number of nitrogens with one attached hydrogen (secondary N) is 1. The summed E-state index contributed by atoms with van der Waals surface area (Å²) in [5, 5.41) is 2.88. The number of halogens is 3. The summed E-state index contributed by atoms with van der Waals surface area (Å²) in [6.45, 7) is 0.796. The smallest absolute Gasteiger partial charge is 0.419 e. The third-order valence-corrected chi connectivity index (χ3v) is 4.97. The van der Waals surface area contributed by atoms with Crippen LogP contribution in [-0.2, 0) is 17.5 Å². The second-order valence-electron chi connectivity index (χ2n) is 6.85. The first kappa shape index (κ1) is 20.1. The number of pyridine rings is 1. The highest BCUT2D eigenvalue weighted by Gasteiger charge is 2.34. The molecule has 3 N–H and O–H groups in total. The molecule has 1 aliphatic carbocycles. The lowest BCUT2D eigenvalue weighted by molar-refractivity contribution is -0.138. The molecule has 28 heavy (non-hydrogen) atoms. The summed E-state index contributed by atoms with van der Waals surface area (Å²) in [5.41, 5.74) is 5.58. The van der Waals surface area contributed by atoms with Gasteiger partial charge < -0.3 is 15.8 Å². The summed E-state index contributed by atoms with van der Waals surface area (Å²) in [7, 11) is 0. The molecule has 0 radical (unpaired) electrons. The Kier molecular flexibility index (Phi) is 6.18. The standard InChI is InChI=1S/C20H22F3N3O2/c21-20(22,23)16-6-1-2-7-17(16)28-18-9-8-13(11-25-18)12-26-19(27)15-5-3-4-14(15)10-24/h1-2,6-9,11,14-15H,3-5,10,12,24H2,(H,26,27)/t14-,15-/m1/s1. The average molecular weight is 393 g/mol. The Balaban J connectivity index is 1.59. The highest BCUT2D eigenvalue weighted by Crippen LogP contribution is 2.37. The van der Waals surface area contributed by atoms with Gasteiger partial charge in [-0.3, -0.25) is 4.79 Å². The van der Waals surface area contributed by atoms with E-state index in [9.17, 15) is 18.0 Å². The molecule has 0 saturated heterocycles. The zero-order valence-corrected chi connectivity index (χ0v) is 15.2. The Morgan fingerprint density at radius 2 is 2.00 bits per heavy atom. The molecule has 8 heteroatoms. The van der Waals surface area contributed by atoms with Crippen LogP contribution in [0.25, 0.3) is 0 Å². The van der Waals surface area contributed by atoms with E-state index in [-0.39, 0.29) is 29.4 Å². The number of hydrogen-bond acceptors (Lipinski definition) is 4. The maximum Gasteiger partial charge on any atom is 0.419 e. The molecule has 150 valence electrons. The van der Waals surface area contributed by atoms with Gasteiger partial charge in [0, 0.05) is 24.7 Å². The van der Waals surface area contributed by atoms with Gasteiger partial charge in [0.2, 0.25) is 11.8 Å². The molecule has 1 aromatic carbocycles. The lowest BCUT2D eigenvalue weighted by Crippen LogP contribution is -2.34. The third-order valence-electron chi connectivity index (χ3n) is 4.97. The number of alkyl halides is 3. The van der Waals surface area contributed by atoms with Gasteiger partial charge >= 0.3 is 6.18 Å². The summed E-state index contributed by atoms with van der Waals surface area (Å²) in [5.74, 6) is -0.113. The van der Waals surface area contributed by atoms with E-state index in [1.54, 1.807) is 6.07 Å². The van der Waals surface area contributed by atoms with Crippen LogP contribution in [0.4, 0.5) is 13.2 Å². The van der Waals surface area contributed by atoms with Crippen molar-refractivity contribution in [3.05, 3.63) is 53.7 Å². The molecule has 1 aromatic heterocycles. The van der Waals surface area contributed by atoms with Crippen LogP contribution in [0.3, 0.4) is 0 Å². The van der Waals surface area contributed by atoms with E-state index in [4.69, 9.17) is 10.5 Å². The summed E-state index contributed by atoms with van der Waals surface area (Å²) in [6.07, 6.45) is -0.213. The molecule has 2 atom stereocenters. The second-order valence-corrected chi connectivity index (χ2v) is 6.85. The van der Waals surface area contributed by atoms with Gasteiger partial charge in [-0.1, -0.05) is 24.6 Å². The van der Waals surface area contributed by atoms with Crippen molar-refractivity contribution in [2.24, 2.45) is 17.6 Å². The molecule has 1 amide bonds. The molecule has 1 heterocycles. The minimum atomic E-state index is -4.51. The molecule has 1 aliphatic rings.